The number of carbonyl (C=O) groups excluding carboxylic acids is 1. The quantitative estimate of drug-likeness (QED) is 0.880. The Morgan fingerprint density at radius 2 is 2.18 bits per heavy atom. The fourth-order valence-corrected chi connectivity index (χ4v) is 1.99. The van der Waals surface area contributed by atoms with Gasteiger partial charge in [-0.1, -0.05) is 11.6 Å². The molecule has 0 fully saturated rings. The fraction of sp³-hybridized carbons (Fsp3) is 0.462. The zero-order chi connectivity index (χ0) is 13.0. The van der Waals surface area contributed by atoms with Crippen molar-refractivity contribution in [2.24, 2.45) is 5.73 Å². The Morgan fingerprint density at radius 1 is 1.53 bits per heavy atom. The van der Waals surface area contributed by atoms with Crippen LogP contribution in [0.3, 0.4) is 0 Å². The lowest BCUT2D eigenvalue weighted by atomic mass is 9.97. The van der Waals surface area contributed by atoms with Gasteiger partial charge in [0.25, 0.3) is 0 Å². The fourth-order valence-electron chi connectivity index (χ4n) is 1.74. The molecule has 94 valence electrons. The highest BCUT2D eigenvalue weighted by molar-refractivity contribution is 6.32. The van der Waals surface area contributed by atoms with Crippen molar-refractivity contribution in [1.29, 1.82) is 0 Å². The van der Waals surface area contributed by atoms with Gasteiger partial charge in [-0.15, -0.1) is 0 Å². The smallest absolute Gasteiger partial charge is 0.137 e. The number of Topliss-reactive ketones (excluding diaryl/α,β-unsaturated/α-hetero) is 1. The van der Waals surface area contributed by atoms with Crippen LogP contribution in [-0.2, 0) is 4.79 Å². The molecule has 1 unspecified atom stereocenters. The van der Waals surface area contributed by atoms with Crippen LogP contribution in [0.15, 0.2) is 12.1 Å². The van der Waals surface area contributed by atoms with Gasteiger partial charge in [-0.3, -0.25) is 0 Å². The van der Waals surface area contributed by atoms with E-state index in [1.165, 1.54) is 0 Å². The second-order valence-electron chi connectivity index (χ2n) is 4.19. The Labute approximate surface area is 107 Å². The minimum atomic E-state index is -0.165. The van der Waals surface area contributed by atoms with E-state index < -0.39 is 0 Å². The van der Waals surface area contributed by atoms with Gasteiger partial charge in [0.15, 0.2) is 0 Å². The van der Waals surface area contributed by atoms with E-state index in [1.807, 2.05) is 19.1 Å². The molecule has 1 rings (SSSR count). The van der Waals surface area contributed by atoms with Crippen LogP contribution in [-0.4, -0.2) is 12.9 Å². The number of benzene rings is 1. The number of rotatable bonds is 5. The summed E-state index contributed by atoms with van der Waals surface area (Å²) in [5, 5.41) is 0.548. The normalized spacial score (nSPS) is 12.3. The monoisotopic (exact) mass is 255 g/mol. The second-order valence-corrected chi connectivity index (χ2v) is 4.60. The molecule has 1 aromatic carbocycles. The molecule has 0 aliphatic carbocycles. The first kappa shape index (κ1) is 14.0. The largest absolute Gasteiger partial charge is 0.495 e. The Bertz CT molecular complexity index is 418. The predicted molar refractivity (Wildman–Crippen MR) is 69.6 cm³/mol. The van der Waals surface area contributed by atoms with Crippen LogP contribution in [0.4, 0.5) is 0 Å². The number of aryl methyl sites for hydroxylation is 1. The van der Waals surface area contributed by atoms with Crippen molar-refractivity contribution in [3.05, 3.63) is 28.3 Å². The lowest BCUT2D eigenvalue weighted by Gasteiger charge is -2.16. The molecule has 17 heavy (non-hydrogen) atoms. The zero-order valence-electron chi connectivity index (χ0n) is 10.4. The van der Waals surface area contributed by atoms with Gasteiger partial charge in [0.1, 0.15) is 11.5 Å². The summed E-state index contributed by atoms with van der Waals surface area (Å²) in [7, 11) is 1.58. The highest BCUT2D eigenvalue weighted by Gasteiger charge is 2.13. The molecule has 0 aliphatic rings. The molecule has 0 saturated heterocycles. The standard InChI is InChI=1S/C13H18ClNO2/c1-8-6-13(17-3)11(14)7-10(8)12(15)5-4-9(2)16/h6-7,12H,4-5,15H2,1-3H3. The van der Waals surface area contributed by atoms with E-state index >= 15 is 0 Å². The molecule has 2 N–H and O–H groups in total. The molecular weight excluding hydrogens is 238 g/mol. The number of methoxy groups -OCH3 is 1. The molecule has 1 atom stereocenters. The second kappa shape index (κ2) is 6.03. The minimum Gasteiger partial charge on any atom is -0.495 e. The summed E-state index contributed by atoms with van der Waals surface area (Å²) in [6, 6.07) is 3.52. The van der Waals surface area contributed by atoms with E-state index in [0.29, 0.717) is 23.6 Å². The number of ketones is 1. The van der Waals surface area contributed by atoms with Gasteiger partial charge >= 0.3 is 0 Å². The van der Waals surface area contributed by atoms with E-state index in [0.717, 1.165) is 11.1 Å². The lowest BCUT2D eigenvalue weighted by Crippen LogP contribution is -2.13. The summed E-state index contributed by atoms with van der Waals surface area (Å²) in [6.45, 7) is 3.53. The first-order chi connectivity index (χ1) is 7.95. The third kappa shape index (κ3) is 3.72. The number of nitrogens with two attached hydrogens (primary N) is 1. The van der Waals surface area contributed by atoms with Gasteiger partial charge in [-0.2, -0.15) is 0 Å². The van der Waals surface area contributed by atoms with Gasteiger partial charge in [-0.25, -0.2) is 0 Å². The van der Waals surface area contributed by atoms with E-state index in [9.17, 15) is 4.79 Å². The SMILES string of the molecule is COc1cc(C)c(C(N)CCC(C)=O)cc1Cl. The molecule has 0 aliphatic heterocycles. The summed E-state index contributed by atoms with van der Waals surface area (Å²) < 4.78 is 5.13. The van der Waals surface area contributed by atoms with Crippen molar-refractivity contribution in [1.82, 2.24) is 0 Å². The number of hydrogen-bond acceptors (Lipinski definition) is 3. The summed E-state index contributed by atoms with van der Waals surface area (Å²) in [5.74, 6) is 0.796. The molecule has 0 heterocycles. The minimum absolute atomic E-state index is 0.151. The highest BCUT2D eigenvalue weighted by atomic mass is 35.5. The maximum absolute atomic E-state index is 10.9. The van der Waals surface area contributed by atoms with Crippen LogP contribution in [0.1, 0.15) is 36.9 Å². The van der Waals surface area contributed by atoms with E-state index in [2.05, 4.69) is 0 Å². The van der Waals surface area contributed by atoms with E-state index in [-0.39, 0.29) is 11.8 Å². The highest BCUT2D eigenvalue weighted by Crippen LogP contribution is 2.31. The van der Waals surface area contributed by atoms with Crippen LogP contribution >= 0.6 is 11.6 Å². The number of halogens is 1. The maximum atomic E-state index is 10.9. The summed E-state index contributed by atoms with van der Waals surface area (Å²) in [6.07, 6.45) is 1.13. The van der Waals surface area contributed by atoms with Gasteiger partial charge in [0, 0.05) is 12.5 Å². The third-order valence-electron chi connectivity index (χ3n) is 2.75. The Kier molecular flexibility index (Phi) is 4.97. The average molecular weight is 256 g/mol. The van der Waals surface area contributed by atoms with Crippen LogP contribution < -0.4 is 10.5 Å². The number of hydrogen-bond donors (Lipinski definition) is 1. The van der Waals surface area contributed by atoms with Crippen LogP contribution in [0, 0.1) is 6.92 Å². The first-order valence-corrected chi connectivity index (χ1v) is 5.92. The molecule has 0 saturated carbocycles. The lowest BCUT2D eigenvalue weighted by molar-refractivity contribution is -0.117. The molecule has 4 heteroatoms. The van der Waals surface area contributed by atoms with Crippen LogP contribution in [0.5, 0.6) is 5.75 Å². The van der Waals surface area contributed by atoms with Crippen molar-refractivity contribution in [2.45, 2.75) is 32.7 Å². The number of carbonyl (C=O) groups is 1. The Hall–Kier alpha value is -1.06. The van der Waals surface area contributed by atoms with Gasteiger partial charge < -0.3 is 15.3 Å². The summed E-state index contributed by atoms with van der Waals surface area (Å²) in [4.78, 5) is 10.9. The first-order valence-electron chi connectivity index (χ1n) is 5.54. The van der Waals surface area contributed by atoms with Crippen LogP contribution in [0.2, 0.25) is 5.02 Å². The molecule has 0 bridgehead atoms. The van der Waals surface area contributed by atoms with E-state index in [1.54, 1.807) is 14.0 Å². The molecular formula is C13H18ClNO2. The van der Waals surface area contributed by atoms with Crippen molar-refractivity contribution in [3.8, 4) is 5.75 Å². The predicted octanol–water partition coefficient (Wildman–Crippen LogP) is 3.03. The Balaban J connectivity index is 2.90. The van der Waals surface area contributed by atoms with Gasteiger partial charge in [0.05, 0.1) is 12.1 Å². The average Bonchev–Trinajstić information content (AvgIpc) is 2.28. The molecule has 1 aromatic rings. The summed E-state index contributed by atoms with van der Waals surface area (Å²) in [5.41, 5.74) is 8.05. The topological polar surface area (TPSA) is 52.3 Å². The van der Waals surface area contributed by atoms with Crippen LogP contribution in [0.25, 0.3) is 0 Å². The van der Waals surface area contributed by atoms with E-state index in [4.69, 9.17) is 22.1 Å². The van der Waals surface area contributed by atoms with Crippen molar-refractivity contribution >= 4 is 17.4 Å². The molecule has 0 radical (unpaired) electrons. The van der Waals surface area contributed by atoms with Crippen molar-refractivity contribution < 1.29 is 9.53 Å². The molecule has 0 spiro atoms. The zero-order valence-corrected chi connectivity index (χ0v) is 11.2. The Morgan fingerprint density at radius 3 is 2.71 bits per heavy atom. The molecule has 0 aromatic heterocycles. The third-order valence-corrected chi connectivity index (χ3v) is 3.04. The van der Waals surface area contributed by atoms with Crippen molar-refractivity contribution in [3.63, 3.8) is 0 Å². The summed E-state index contributed by atoms with van der Waals surface area (Å²) >= 11 is 6.06. The van der Waals surface area contributed by atoms with Gasteiger partial charge in [0.2, 0.25) is 0 Å². The maximum Gasteiger partial charge on any atom is 0.137 e. The molecule has 3 nitrogen and oxygen atoms in total. The number of ether oxygens (including phenoxy) is 1. The van der Waals surface area contributed by atoms with Gasteiger partial charge in [-0.05, 0) is 43.5 Å². The van der Waals surface area contributed by atoms with Crippen molar-refractivity contribution in [2.75, 3.05) is 7.11 Å². The molecule has 0 amide bonds.